The fraction of sp³-hybridized carbons (Fsp3) is 0.381. The van der Waals surface area contributed by atoms with Crippen LogP contribution in [-0.2, 0) is 16.1 Å². The van der Waals surface area contributed by atoms with Crippen LogP contribution in [0.2, 0.25) is 0 Å². The third-order valence-electron chi connectivity index (χ3n) is 4.88. The van der Waals surface area contributed by atoms with Crippen LogP contribution in [0, 0.1) is 0 Å². The first kappa shape index (κ1) is 21.3. The molecule has 3 heterocycles. The van der Waals surface area contributed by atoms with Crippen LogP contribution in [0.25, 0.3) is 11.6 Å². The predicted octanol–water partition coefficient (Wildman–Crippen LogP) is 3.47. The molecular formula is C21H24N4O5S. The summed E-state index contributed by atoms with van der Waals surface area (Å²) < 4.78 is 23.8. The van der Waals surface area contributed by atoms with E-state index in [0.29, 0.717) is 40.5 Å². The molecule has 0 aliphatic carbocycles. The van der Waals surface area contributed by atoms with Gasteiger partial charge in [0, 0.05) is 12.7 Å². The van der Waals surface area contributed by atoms with Crippen LogP contribution in [0.4, 0.5) is 5.69 Å². The molecule has 1 unspecified atom stereocenters. The lowest BCUT2D eigenvalue weighted by atomic mass is 10.2. The van der Waals surface area contributed by atoms with Crippen molar-refractivity contribution >= 4 is 23.4 Å². The van der Waals surface area contributed by atoms with E-state index >= 15 is 0 Å². The smallest absolute Gasteiger partial charge is 0.234 e. The minimum atomic E-state index is -0.181. The Hall–Kier alpha value is -2.98. The second kappa shape index (κ2) is 9.88. The second-order valence-corrected chi connectivity index (χ2v) is 7.87. The number of furan rings is 1. The number of aromatic nitrogens is 3. The summed E-state index contributed by atoms with van der Waals surface area (Å²) in [6.07, 6.45) is 3.72. The van der Waals surface area contributed by atoms with Gasteiger partial charge in [-0.15, -0.1) is 10.2 Å². The monoisotopic (exact) mass is 444 g/mol. The SMILES string of the molecule is COc1ccc(NC(=O)CSc2nnc(-c3ccco3)n2CC2CCCO2)c(OC)c1. The van der Waals surface area contributed by atoms with E-state index in [1.54, 1.807) is 38.7 Å². The molecule has 0 spiro atoms. The number of amides is 1. The summed E-state index contributed by atoms with van der Waals surface area (Å²) in [4.78, 5) is 12.6. The molecule has 1 aromatic carbocycles. The number of ether oxygens (including phenoxy) is 3. The zero-order chi connectivity index (χ0) is 21.6. The maximum Gasteiger partial charge on any atom is 0.234 e. The fourth-order valence-corrected chi connectivity index (χ4v) is 4.11. The molecule has 31 heavy (non-hydrogen) atoms. The highest BCUT2D eigenvalue weighted by molar-refractivity contribution is 7.99. The van der Waals surface area contributed by atoms with Crippen molar-refractivity contribution in [3.63, 3.8) is 0 Å². The number of methoxy groups -OCH3 is 2. The van der Waals surface area contributed by atoms with Crippen LogP contribution in [0.15, 0.2) is 46.2 Å². The molecule has 1 atom stereocenters. The summed E-state index contributed by atoms with van der Waals surface area (Å²) in [6.45, 7) is 1.37. The van der Waals surface area contributed by atoms with Gasteiger partial charge in [-0.3, -0.25) is 9.36 Å². The standard InChI is InChI=1S/C21H24N4O5S/c1-27-14-7-8-16(18(11-14)28-2)22-19(26)13-31-21-24-23-20(17-6-4-10-30-17)25(21)12-15-5-3-9-29-15/h4,6-8,10-11,15H,3,5,9,12-13H2,1-2H3,(H,22,26). The van der Waals surface area contributed by atoms with Crippen LogP contribution in [0.1, 0.15) is 12.8 Å². The summed E-state index contributed by atoms with van der Waals surface area (Å²) in [5.41, 5.74) is 0.575. The van der Waals surface area contributed by atoms with Gasteiger partial charge in [0.25, 0.3) is 0 Å². The molecular weight excluding hydrogens is 420 g/mol. The molecule has 1 aliphatic heterocycles. The molecule has 9 nitrogen and oxygen atoms in total. The van der Waals surface area contributed by atoms with Gasteiger partial charge >= 0.3 is 0 Å². The topological polar surface area (TPSA) is 101 Å². The fourth-order valence-electron chi connectivity index (χ4n) is 3.36. The Labute approximate surface area is 184 Å². The van der Waals surface area contributed by atoms with Gasteiger partial charge in [-0.2, -0.15) is 0 Å². The van der Waals surface area contributed by atoms with E-state index in [9.17, 15) is 4.79 Å². The molecule has 1 N–H and O–H groups in total. The maximum atomic E-state index is 12.6. The van der Waals surface area contributed by atoms with E-state index in [1.165, 1.54) is 11.8 Å². The number of nitrogens with one attached hydrogen (secondary N) is 1. The number of hydrogen-bond acceptors (Lipinski definition) is 8. The number of carbonyl (C=O) groups excluding carboxylic acids is 1. The van der Waals surface area contributed by atoms with E-state index in [0.717, 1.165) is 19.4 Å². The number of hydrogen-bond donors (Lipinski definition) is 1. The van der Waals surface area contributed by atoms with Crippen molar-refractivity contribution in [2.75, 3.05) is 31.9 Å². The van der Waals surface area contributed by atoms with Crippen molar-refractivity contribution in [3.05, 3.63) is 36.6 Å². The Kier molecular flexibility index (Phi) is 6.78. The van der Waals surface area contributed by atoms with Gasteiger partial charge in [0.1, 0.15) is 11.5 Å². The molecule has 1 fully saturated rings. The Morgan fingerprint density at radius 1 is 1.29 bits per heavy atom. The third kappa shape index (κ3) is 5.02. The van der Waals surface area contributed by atoms with E-state index in [4.69, 9.17) is 18.6 Å². The van der Waals surface area contributed by atoms with E-state index in [2.05, 4.69) is 15.5 Å². The Bertz CT molecular complexity index is 1010. The highest BCUT2D eigenvalue weighted by Crippen LogP contribution is 2.30. The first-order valence-electron chi connectivity index (χ1n) is 9.91. The number of nitrogens with zero attached hydrogens (tertiary/aromatic N) is 3. The van der Waals surface area contributed by atoms with Crippen molar-refractivity contribution < 1.29 is 23.4 Å². The molecule has 164 valence electrons. The van der Waals surface area contributed by atoms with Gasteiger partial charge in [-0.25, -0.2) is 0 Å². The van der Waals surface area contributed by atoms with Crippen LogP contribution in [0.5, 0.6) is 11.5 Å². The minimum absolute atomic E-state index is 0.0986. The summed E-state index contributed by atoms with van der Waals surface area (Å²) in [5, 5.41) is 12.1. The lowest BCUT2D eigenvalue weighted by Gasteiger charge is -2.14. The van der Waals surface area contributed by atoms with Crippen molar-refractivity contribution in [2.24, 2.45) is 0 Å². The molecule has 0 bridgehead atoms. The molecule has 4 rings (SSSR count). The van der Waals surface area contributed by atoms with Gasteiger partial charge in [0.2, 0.25) is 11.7 Å². The molecule has 0 radical (unpaired) electrons. The van der Waals surface area contributed by atoms with Gasteiger partial charge < -0.3 is 23.9 Å². The molecule has 2 aromatic heterocycles. The number of thioether (sulfide) groups is 1. The van der Waals surface area contributed by atoms with E-state index in [1.807, 2.05) is 16.7 Å². The number of benzene rings is 1. The molecule has 1 amide bonds. The highest BCUT2D eigenvalue weighted by atomic mass is 32.2. The normalized spacial score (nSPS) is 15.7. The number of rotatable bonds is 9. The second-order valence-electron chi connectivity index (χ2n) is 6.93. The van der Waals surface area contributed by atoms with Crippen LogP contribution in [0.3, 0.4) is 0 Å². The van der Waals surface area contributed by atoms with Crippen LogP contribution in [-0.4, -0.2) is 53.4 Å². The average molecular weight is 445 g/mol. The maximum absolute atomic E-state index is 12.6. The van der Waals surface area contributed by atoms with Crippen LogP contribution >= 0.6 is 11.8 Å². The molecule has 0 saturated carbocycles. The summed E-state index contributed by atoms with van der Waals surface area (Å²) in [7, 11) is 3.12. The first-order chi connectivity index (χ1) is 15.2. The predicted molar refractivity (Wildman–Crippen MR) is 116 cm³/mol. The molecule has 3 aromatic rings. The Morgan fingerprint density at radius 3 is 2.90 bits per heavy atom. The van der Waals surface area contributed by atoms with Gasteiger partial charge in [-0.05, 0) is 37.1 Å². The van der Waals surface area contributed by atoms with Gasteiger partial charge in [-0.1, -0.05) is 11.8 Å². The third-order valence-corrected chi connectivity index (χ3v) is 5.85. The van der Waals surface area contributed by atoms with Crippen LogP contribution < -0.4 is 14.8 Å². The lowest BCUT2D eigenvalue weighted by Crippen LogP contribution is -2.18. The summed E-state index contributed by atoms with van der Waals surface area (Å²) in [6, 6.07) is 8.88. The van der Waals surface area contributed by atoms with Crippen molar-refractivity contribution in [2.45, 2.75) is 30.6 Å². The van der Waals surface area contributed by atoms with Crippen molar-refractivity contribution in [1.29, 1.82) is 0 Å². The zero-order valence-corrected chi connectivity index (χ0v) is 18.2. The molecule has 1 saturated heterocycles. The van der Waals surface area contributed by atoms with Crippen molar-refractivity contribution in [3.8, 4) is 23.1 Å². The molecule has 1 aliphatic rings. The van der Waals surface area contributed by atoms with E-state index < -0.39 is 0 Å². The Morgan fingerprint density at radius 2 is 2.19 bits per heavy atom. The number of carbonyl (C=O) groups is 1. The zero-order valence-electron chi connectivity index (χ0n) is 17.4. The van der Waals surface area contributed by atoms with Gasteiger partial charge in [0.05, 0.1) is 44.6 Å². The minimum Gasteiger partial charge on any atom is -0.497 e. The average Bonchev–Trinajstić information content (AvgIpc) is 3.55. The van der Waals surface area contributed by atoms with Crippen molar-refractivity contribution in [1.82, 2.24) is 14.8 Å². The highest BCUT2D eigenvalue weighted by Gasteiger charge is 2.23. The van der Waals surface area contributed by atoms with Gasteiger partial charge in [0.15, 0.2) is 10.9 Å². The lowest BCUT2D eigenvalue weighted by molar-refractivity contribution is -0.113. The first-order valence-corrected chi connectivity index (χ1v) is 10.9. The largest absolute Gasteiger partial charge is 0.497 e. The quantitative estimate of drug-likeness (QED) is 0.501. The Balaban J connectivity index is 1.46. The van der Waals surface area contributed by atoms with E-state index in [-0.39, 0.29) is 17.8 Å². The summed E-state index contributed by atoms with van der Waals surface area (Å²) >= 11 is 1.31. The number of anilines is 1. The summed E-state index contributed by atoms with van der Waals surface area (Å²) in [5.74, 6) is 2.41. The molecule has 10 heteroatoms.